The largest absolute Gasteiger partial charge is 0.378 e. The minimum Gasteiger partial charge on any atom is -0.378 e. The van der Waals surface area contributed by atoms with E-state index >= 15 is 0 Å². The van der Waals surface area contributed by atoms with Crippen molar-refractivity contribution < 1.29 is 4.74 Å². The normalized spacial score (nSPS) is 29.3. The standard InChI is InChI=1S/C19H37NO/c1-4-7-11-16(5-2)15-20-17-14-18(21-6-3)19(17)12-9-8-10-13-19/h16-18,20H,4-15H2,1-3H3. The lowest BCUT2D eigenvalue weighted by molar-refractivity contribution is -0.150. The quantitative estimate of drug-likeness (QED) is 0.652. The summed E-state index contributed by atoms with van der Waals surface area (Å²) in [5.41, 5.74) is 0.483. The van der Waals surface area contributed by atoms with Crippen LogP contribution in [0.15, 0.2) is 0 Å². The van der Waals surface area contributed by atoms with E-state index in [1.807, 2.05) is 0 Å². The van der Waals surface area contributed by atoms with Crippen molar-refractivity contribution in [1.82, 2.24) is 5.32 Å². The van der Waals surface area contributed by atoms with Gasteiger partial charge < -0.3 is 10.1 Å². The van der Waals surface area contributed by atoms with Crippen LogP contribution in [-0.2, 0) is 4.74 Å². The van der Waals surface area contributed by atoms with Crippen molar-refractivity contribution in [1.29, 1.82) is 0 Å². The zero-order chi connectivity index (χ0) is 15.1. The molecule has 0 heterocycles. The SMILES string of the molecule is CCCCC(CC)CNC1CC(OCC)C12CCCCC2. The van der Waals surface area contributed by atoms with Crippen LogP contribution in [0.2, 0.25) is 0 Å². The lowest BCUT2D eigenvalue weighted by Crippen LogP contribution is -2.64. The van der Waals surface area contributed by atoms with Crippen LogP contribution < -0.4 is 5.32 Å². The summed E-state index contributed by atoms with van der Waals surface area (Å²) in [7, 11) is 0. The zero-order valence-corrected chi connectivity index (χ0v) is 14.6. The smallest absolute Gasteiger partial charge is 0.0661 e. The lowest BCUT2D eigenvalue weighted by Gasteiger charge is -2.58. The van der Waals surface area contributed by atoms with Gasteiger partial charge in [-0.15, -0.1) is 0 Å². The molecule has 3 atom stereocenters. The van der Waals surface area contributed by atoms with Crippen LogP contribution in [-0.4, -0.2) is 25.3 Å². The maximum Gasteiger partial charge on any atom is 0.0661 e. The Balaban J connectivity index is 1.84. The fraction of sp³-hybridized carbons (Fsp3) is 1.00. The molecule has 0 amide bonds. The highest BCUT2D eigenvalue weighted by atomic mass is 16.5. The summed E-state index contributed by atoms with van der Waals surface area (Å²) < 4.78 is 6.06. The Morgan fingerprint density at radius 1 is 1.14 bits per heavy atom. The van der Waals surface area contributed by atoms with E-state index in [1.165, 1.54) is 70.8 Å². The van der Waals surface area contributed by atoms with Gasteiger partial charge in [-0.05, 0) is 45.1 Å². The number of nitrogens with one attached hydrogen (secondary N) is 1. The molecule has 0 saturated heterocycles. The van der Waals surface area contributed by atoms with Gasteiger partial charge in [0.1, 0.15) is 0 Å². The van der Waals surface area contributed by atoms with E-state index < -0.39 is 0 Å². The maximum absolute atomic E-state index is 6.06. The van der Waals surface area contributed by atoms with Crippen LogP contribution in [0.3, 0.4) is 0 Å². The third-order valence-corrected chi connectivity index (χ3v) is 6.13. The van der Waals surface area contributed by atoms with Crippen LogP contribution in [0.4, 0.5) is 0 Å². The van der Waals surface area contributed by atoms with Crippen LogP contribution >= 0.6 is 0 Å². The summed E-state index contributed by atoms with van der Waals surface area (Å²) in [5.74, 6) is 0.872. The van der Waals surface area contributed by atoms with Gasteiger partial charge in [0.05, 0.1) is 6.10 Å². The van der Waals surface area contributed by atoms with Crippen molar-refractivity contribution in [3.8, 4) is 0 Å². The first-order valence-corrected chi connectivity index (χ1v) is 9.61. The second-order valence-electron chi connectivity index (χ2n) is 7.35. The highest BCUT2D eigenvalue weighted by molar-refractivity contribution is 5.09. The molecule has 0 bridgehead atoms. The molecule has 2 heteroatoms. The molecule has 3 unspecified atom stereocenters. The highest BCUT2D eigenvalue weighted by Crippen LogP contribution is 2.53. The van der Waals surface area contributed by atoms with Crippen molar-refractivity contribution in [2.45, 2.75) is 97.1 Å². The lowest BCUT2D eigenvalue weighted by atomic mass is 9.55. The van der Waals surface area contributed by atoms with Crippen molar-refractivity contribution in [3.05, 3.63) is 0 Å². The van der Waals surface area contributed by atoms with Gasteiger partial charge in [-0.1, -0.05) is 52.4 Å². The number of rotatable bonds is 9. The molecule has 2 nitrogen and oxygen atoms in total. The van der Waals surface area contributed by atoms with Gasteiger partial charge in [-0.25, -0.2) is 0 Å². The molecule has 0 aromatic carbocycles. The molecule has 124 valence electrons. The van der Waals surface area contributed by atoms with Crippen molar-refractivity contribution in [2.24, 2.45) is 11.3 Å². The van der Waals surface area contributed by atoms with E-state index in [0.29, 0.717) is 11.5 Å². The summed E-state index contributed by atoms with van der Waals surface area (Å²) in [4.78, 5) is 0. The molecular formula is C19H37NO. The summed E-state index contributed by atoms with van der Waals surface area (Å²) in [6.45, 7) is 8.90. The first-order chi connectivity index (χ1) is 10.3. The Labute approximate surface area is 132 Å². The summed E-state index contributed by atoms with van der Waals surface area (Å²) in [6.07, 6.45) is 14.3. The minimum absolute atomic E-state index is 0.483. The average molecular weight is 296 g/mol. The molecule has 0 aromatic rings. The number of hydrogen-bond acceptors (Lipinski definition) is 2. The molecule has 0 radical (unpaired) electrons. The Hall–Kier alpha value is -0.0800. The van der Waals surface area contributed by atoms with E-state index in [9.17, 15) is 0 Å². The average Bonchev–Trinajstić information content (AvgIpc) is 2.53. The molecule has 2 aliphatic carbocycles. The summed E-state index contributed by atoms with van der Waals surface area (Å²) in [6, 6.07) is 0.727. The topological polar surface area (TPSA) is 21.3 Å². The fourth-order valence-corrected chi connectivity index (χ4v) is 4.60. The molecule has 2 aliphatic rings. The Kier molecular flexibility index (Phi) is 7.01. The monoisotopic (exact) mass is 295 g/mol. The molecule has 1 N–H and O–H groups in total. The summed E-state index contributed by atoms with van der Waals surface area (Å²) >= 11 is 0. The molecule has 0 aromatic heterocycles. The fourth-order valence-electron chi connectivity index (χ4n) is 4.60. The second kappa shape index (κ2) is 8.53. The van der Waals surface area contributed by atoms with Gasteiger partial charge in [0.2, 0.25) is 0 Å². The third-order valence-electron chi connectivity index (χ3n) is 6.13. The highest BCUT2D eigenvalue weighted by Gasteiger charge is 2.55. The van der Waals surface area contributed by atoms with Gasteiger partial charge in [0, 0.05) is 18.1 Å². The van der Waals surface area contributed by atoms with E-state index in [1.54, 1.807) is 0 Å². The molecule has 1 spiro atoms. The molecular weight excluding hydrogens is 258 g/mol. The van der Waals surface area contributed by atoms with E-state index in [-0.39, 0.29) is 0 Å². The maximum atomic E-state index is 6.06. The van der Waals surface area contributed by atoms with E-state index in [2.05, 4.69) is 26.1 Å². The minimum atomic E-state index is 0.483. The molecule has 21 heavy (non-hydrogen) atoms. The Morgan fingerprint density at radius 3 is 2.52 bits per heavy atom. The van der Waals surface area contributed by atoms with Crippen LogP contribution in [0.5, 0.6) is 0 Å². The van der Waals surface area contributed by atoms with Gasteiger partial charge in [0.15, 0.2) is 0 Å². The first kappa shape index (κ1) is 17.3. The van der Waals surface area contributed by atoms with E-state index in [0.717, 1.165) is 18.6 Å². The predicted octanol–water partition coefficient (Wildman–Crippen LogP) is 4.92. The van der Waals surface area contributed by atoms with E-state index in [4.69, 9.17) is 4.74 Å². The van der Waals surface area contributed by atoms with Gasteiger partial charge in [0.25, 0.3) is 0 Å². The first-order valence-electron chi connectivity index (χ1n) is 9.61. The van der Waals surface area contributed by atoms with Crippen molar-refractivity contribution in [3.63, 3.8) is 0 Å². The van der Waals surface area contributed by atoms with Crippen LogP contribution in [0.25, 0.3) is 0 Å². The van der Waals surface area contributed by atoms with Crippen molar-refractivity contribution in [2.75, 3.05) is 13.2 Å². The Morgan fingerprint density at radius 2 is 1.90 bits per heavy atom. The molecule has 2 saturated carbocycles. The molecule has 2 rings (SSSR count). The zero-order valence-electron chi connectivity index (χ0n) is 14.6. The number of unbranched alkanes of at least 4 members (excludes halogenated alkanes) is 1. The number of ether oxygens (including phenoxy) is 1. The molecule has 0 aliphatic heterocycles. The van der Waals surface area contributed by atoms with Crippen molar-refractivity contribution >= 4 is 0 Å². The van der Waals surface area contributed by atoms with Crippen LogP contribution in [0, 0.1) is 11.3 Å². The van der Waals surface area contributed by atoms with Gasteiger partial charge >= 0.3 is 0 Å². The second-order valence-corrected chi connectivity index (χ2v) is 7.35. The summed E-state index contributed by atoms with van der Waals surface area (Å²) in [5, 5.41) is 3.95. The third kappa shape index (κ3) is 4.01. The predicted molar refractivity (Wildman–Crippen MR) is 90.6 cm³/mol. The van der Waals surface area contributed by atoms with Crippen LogP contribution in [0.1, 0.15) is 85.0 Å². The van der Waals surface area contributed by atoms with Gasteiger partial charge in [-0.2, -0.15) is 0 Å². The molecule has 2 fully saturated rings. The Bertz CT molecular complexity index is 285. The number of hydrogen-bond donors (Lipinski definition) is 1. The van der Waals surface area contributed by atoms with Gasteiger partial charge in [-0.3, -0.25) is 0 Å².